The van der Waals surface area contributed by atoms with Crippen molar-refractivity contribution in [1.29, 1.82) is 0 Å². The number of anilines is 1. The van der Waals surface area contributed by atoms with E-state index in [1.807, 2.05) is 0 Å². The molecule has 4 aromatic heterocycles. The number of hydrogen-bond donors (Lipinski definition) is 1. The molecule has 4 aromatic rings. The number of alkyl halides is 6. The number of aldehydes is 1. The molecule has 5 heterocycles. The second-order valence-corrected chi connectivity index (χ2v) is 8.85. The van der Waals surface area contributed by atoms with Crippen molar-refractivity contribution < 1.29 is 35.9 Å². The zero-order valence-electron chi connectivity index (χ0n) is 19.8. The van der Waals surface area contributed by atoms with Gasteiger partial charge < -0.3 is 5.32 Å². The van der Waals surface area contributed by atoms with E-state index in [-0.39, 0.29) is 58.5 Å². The number of amides is 1. The third-order valence-corrected chi connectivity index (χ3v) is 6.27. The smallest absolute Gasteiger partial charge is 0.309 e. The maximum Gasteiger partial charge on any atom is 0.417 e. The van der Waals surface area contributed by atoms with E-state index >= 15 is 0 Å². The van der Waals surface area contributed by atoms with Crippen LogP contribution in [0.4, 0.5) is 32.2 Å². The van der Waals surface area contributed by atoms with Crippen molar-refractivity contribution in [3.05, 3.63) is 59.1 Å². The number of halogens is 6. The average molecular weight is 550 g/mol. The molecule has 0 bridgehead atoms. The summed E-state index contributed by atoms with van der Waals surface area (Å²) in [7, 11) is 0. The topological polar surface area (TPSA) is 128 Å². The predicted molar refractivity (Wildman–Crippen MR) is 121 cm³/mol. The molecule has 1 N–H and O–H groups in total. The van der Waals surface area contributed by atoms with Crippen molar-refractivity contribution in [2.24, 2.45) is 0 Å². The Hall–Kier alpha value is -4.50. The Morgan fingerprint density at radius 3 is 2.49 bits per heavy atom. The molecule has 10 nitrogen and oxygen atoms in total. The fourth-order valence-electron chi connectivity index (χ4n) is 4.33. The summed E-state index contributed by atoms with van der Waals surface area (Å²) in [5, 5.41) is 6.51. The van der Waals surface area contributed by atoms with Gasteiger partial charge in [0.1, 0.15) is 28.9 Å². The van der Waals surface area contributed by atoms with Crippen LogP contribution < -0.4 is 5.32 Å². The highest BCUT2D eigenvalue weighted by Crippen LogP contribution is 2.43. The van der Waals surface area contributed by atoms with Gasteiger partial charge in [0, 0.05) is 18.2 Å². The van der Waals surface area contributed by atoms with E-state index in [1.54, 1.807) is 0 Å². The van der Waals surface area contributed by atoms with Crippen molar-refractivity contribution in [3.8, 4) is 11.5 Å². The van der Waals surface area contributed by atoms with Gasteiger partial charge in [0.25, 0.3) is 0 Å². The Bertz CT molecular complexity index is 1600. The van der Waals surface area contributed by atoms with Crippen LogP contribution in [0.2, 0.25) is 0 Å². The lowest BCUT2D eigenvalue weighted by molar-refractivity contribution is -0.138. The highest BCUT2D eigenvalue weighted by atomic mass is 19.4. The van der Waals surface area contributed by atoms with Crippen molar-refractivity contribution in [2.75, 3.05) is 5.32 Å². The van der Waals surface area contributed by atoms with E-state index in [0.29, 0.717) is 12.5 Å². The monoisotopic (exact) mass is 550 g/mol. The molecule has 0 aromatic carbocycles. The summed E-state index contributed by atoms with van der Waals surface area (Å²) in [4.78, 5) is 45.8. The highest BCUT2D eigenvalue weighted by molar-refractivity contribution is 6.09. The molecule has 0 saturated carbocycles. The molecule has 1 aliphatic heterocycles. The number of aryl methyl sites for hydroxylation is 1. The van der Waals surface area contributed by atoms with E-state index < -0.39 is 35.7 Å². The molecular formula is C23H16F6N8O2. The fraction of sp³-hybridized carbons (Fsp3) is 0.304. The van der Waals surface area contributed by atoms with E-state index in [1.165, 1.54) is 24.0 Å². The largest absolute Gasteiger partial charge is 0.417 e. The summed E-state index contributed by atoms with van der Waals surface area (Å²) in [5.74, 6) is -0.933. The third-order valence-electron chi connectivity index (χ3n) is 6.27. The normalized spacial score (nSPS) is 17.4. The van der Waals surface area contributed by atoms with Crippen molar-refractivity contribution in [1.82, 2.24) is 34.5 Å². The van der Waals surface area contributed by atoms with Crippen LogP contribution in [-0.2, 0) is 22.8 Å². The zero-order chi connectivity index (χ0) is 28.2. The Kier molecular flexibility index (Phi) is 6.07. The molecule has 1 unspecified atom stereocenters. The highest BCUT2D eigenvalue weighted by Gasteiger charge is 2.49. The third kappa shape index (κ3) is 4.66. The summed E-state index contributed by atoms with van der Waals surface area (Å²) >= 11 is 0. The van der Waals surface area contributed by atoms with Gasteiger partial charge in [0.15, 0.2) is 17.8 Å². The van der Waals surface area contributed by atoms with Gasteiger partial charge in [-0.2, -0.15) is 31.4 Å². The van der Waals surface area contributed by atoms with Crippen LogP contribution in [0, 0.1) is 0 Å². The average Bonchev–Trinajstić information content (AvgIpc) is 3.45. The Balaban J connectivity index is 1.57. The lowest BCUT2D eigenvalue weighted by Gasteiger charge is -2.22. The lowest BCUT2D eigenvalue weighted by Crippen LogP contribution is -2.34. The number of fused-ring (bicyclic) bond motifs is 2. The molecule has 0 radical (unpaired) electrons. The number of carbonyl (C=O) groups excluding carboxylic acids is 2. The summed E-state index contributed by atoms with van der Waals surface area (Å²) in [6, 6.07) is 1.81. The maximum absolute atomic E-state index is 13.1. The van der Waals surface area contributed by atoms with Crippen LogP contribution in [0.3, 0.4) is 0 Å². The Morgan fingerprint density at radius 2 is 1.85 bits per heavy atom. The van der Waals surface area contributed by atoms with Gasteiger partial charge in [-0.25, -0.2) is 24.5 Å². The quantitative estimate of drug-likeness (QED) is 0.282. The van der Waals surface area contributed by atoms with Gasteiger partial charge in [-0.3, -0.25) is 14.6 Å². The molecule has 5 rings (SSSR count). The first-order valence-corrected chi connectivity index (χ1v) is 11.3. The second kappa shape index (κ2) is 9.06. The number of hydrogen-bond acceptors (Lipinski definition) is 8. The number of pyridine rings is 1. The minimum atomic E-state index is -4.64. The van der Waals surface area contributed by atoms with Crippen molar-refractivity contribution in [3.63, 3.8) is 0 Å². The predicted octanol–water partition coefficient (Wildman–Crippen LogP) is 3.95. The maximum atomic E-state index is 13.1. The molecular weight excluding hydrogens is 534 g/mol. The molecule has 0 aliphatic carbocycles. The minimum absolute atomic E-state index is 0.00532. The molecule has 1 amide bonds. The number of rotatable bonds is 6. The molecule has 0 spiro atoms. The molecule has 1 aliphatic rings. The standard InChI is InChI=1S/C23H16F6N8O2/c1-21(15-5-4-11(7-30-15)23(27,28)29)16-14(9-38)34-17(35-18(16)36-20(21)39)13-8-37-19(31-10-32-37)12(33-13)3-2-6-22(24,25)26/h4-5,7-10H,2-3,6H2,1H3,(H,34,35,36,39). The Morgan fingerprint density at radius 1 is 1.08 bits per heavy atom. The summed E-state index contributed by atoms with van der Waals surface area (Å²) in [5.41, 5.74) is -2.57. The van der Waals surface area contributed by atoms with Gasteiger partial charge in [-0.05, 0) is 31.9 Å². The molecule has 16 heteroatoms. The number of nitrogens with zero attached hydrogens (tertiary/aromatic N) is 7. The van der Waals surface area contributed by atoms with Gasteiger partial charge in [0.05, 0.1) is 23.1 Å². The first-order chi connectivity index (χ1) is 18.3. The van der Waals surface area contributed by atoms with Crippen molar-refractivity contribution in [2.45, 2.75) is 44.0 Å². The van der Waals surface area contributed by atoms with E-state index in [2.05, 4.69) is 35.3 Å². The number of aromatic nitrogens is 7. The van der Waals surface area contributed by atoms with Gasteiger partial charge in [-0.15, -0.1) is 0 Å². The Labute approximate surface area is 214 Å². The van der Waals surface area contributed by atoms with Crippen molar-refractivity contribution >= 4 is 23.7 Å². The molecule has 0 saturated heterocycles. The first kappa shape index (κ1) is 26.1. The lowest BCUT2D eigenvalue weighted by atomic mass is 9.80. The van der Waals surface area contributed by atoms with Gasteiger partial charge in [-0.1, -0.05) is 0 Å². The van der Waals surface area contributed by atoms with Crippen LogP contribution in [-0.4, -0.2) is 52.9 Å². The molecule has 1 atom stereocenters. The van der Waals surface area contributed by atoms with Crippen LogP contribution in [0.25, 0.3) is 17.2 Å². The summed E-state index contributed by atoms with van der Waals surface area (Å²) in [6.07, 6.45) is -6.89. The van der Waals surface area contributed by atoms with Crippen LogP contribution in [0.15, 0.2) is 30.9 Å². The van der Waals surface area contributed by atoms with Gasteiger partial charge in [0.2, 0.25) is 5.91 Å². The first-order valence-electron chi connectivity index (χ1n) is 11.3. The minimum Gasteiger partial charge on any atom is -0.309 e. The second-order valence-electron chi connectivity index (χ2n) is 8.85. The molecule has 39 heavy (non-hydrogen) atoms. The van der Waals surface area contributed by atoms with Crippen LogP contribution >= 0.6 is 0 Å². The molecule has 202 valence electrons. The van der Waals surface area contributed by atoms with Crippen LogP contribution in [0.1, 0.15) is 52.8 Å². The number of nitrogens with one attached hydrogen (secondary N) is 1. The van der Waals surface area contributed by atoms with Gasteiger partial charge >= 0.3 is 12.4 Å². The van der Waals surface area contributed by atoms with E-state index in [4.69, 9.17) is 0 Å². The summed E-state index contributed by atoms with van der Waals surface area (Å²) < 4.78 is 78.3. The van der Waals surface area contributed by atoms with E-state index in [9.17, 15) is 35.9 Å². The SMILES string of the molecule is CC1(c2ccc(C(F)(F)F)cn2)C(=O)Nc2nc(-c3cn4ncnc4c(CCCC(F)(F)F)n3)nc(C=O)c21. The van der Waals surface area contributed by atoms with Crippen LogP contribution in [0.5, 0.6) is 0 Å². The summed E-state index contributed by atoms with van der Waals surface area (Å²) in [6.45, 7) is 1.37. The molecule has 0 fully saturated rings. The van der Waals surface area contributed by atoms with E-state index in [0.717, 1.165) is 12.1 Å². The number of carbonyl (C=O) groups is 2. The fourth-order valence-corrected chi connectivity index (χ4v) is 4.33. The zero-order valence-corrected chi connectivity index (χ0v) is 19.8.